The van der Waals surface area contributed by atoms with Gasteiger partial charge in [-0.1, -0.05) is 48.5 Å². The van der Waals surface area contributed by atoms with Gasteiger partial charge in [-0.3, -0.25) is 9.89 Å². The second-order valence-corrected chi connectivity index (χ2v) is 6.83. The Labute approximate surface area is 171 Å². The highest BCUT2D eigenvalue weighted by Crippen LogP contribution is 2.27. The summed E-state index contributed by atoms with van der Waals surface area (Å²) in [5.41, 5.74) is 5.87. The van der Waals surface area contributed by atoms with E-state index >= 15 is 0 Å². The predicted molar refractivity (Wildman–Crippen MR) is 117 cm³/mol. The van der Waals surface area contributed by atoms with E-state index in [1.165, 1.54) is 6.21 Å². The normalized spacial score (nSPS) is 11.5. The maximum atomic E-state index is 12.5. The fourth-order valence-electron chi connectivity index (χ4n) is 3.49. The number of nitrogens with one attached hydrogen (secondary N) is 3. The summed E-state index contributed by atoms with van der Waals surface area (Å²) in [6.45, 7) is 0. The second-order valence-electron chi connectivity index (χ2n) is 6.83. The summed E-state index contributed by atoms with van der Waals surface area (Å²) < 4.78 is 0. The highest BCUT2D eigenvalue weighted by atomic mass is 16.3. The van der Waals surface area contributed by atoms with Gasteiger partial charge in [0.2, 0.25) is 0 Å². The number of aromatic nitrogens is 3. The van der Waals surface area contributed by atoms with Crippen molar-refractivity contribution in [3.05, 3.63) is 84.2 Å². The number of aromatic amines is 2. The van der Waals surface area contributed by atoms with E-state index in [1.807, 2.05) is 60.8 Å². The number of para-hydroxylation sites is 1. The Bertz CT molecular complexity index is 1410. The molecule has 7 heteroatoms. The molecule has 1 amide bonds. The molecule has 0 bridgehead atoms. The van der Waals surface area contributed by atoms with Crippen LogP contribution >= 0.6 is 0 Å². The molecule has 4 N–H and O–H groups in total. The van der Waals surface area contributed by atoms with Crippen LogP contribution in [0.1, 0.15) is 16.1 Å². The summed E-state index contributed by atoms with van der Waals surface area (Å²) >= 11 is 0. The number of hydrogen-bond donors (Lipinski definition) is 4. The van der Waals surface area contributed by atoms with Crippen molar-refractivity contribution in [2.75, 3.05) is 0 Å². The number of phenols is 1. The lowest BCUT2D eigenvalue weighted by Crippen LogP contribution is -2.18. The maximum absolute atomic E-state index is 12.5. The first-order valence-corrected chi connectivity index (χ1v) is 9.37. The average Bonchev–Trinajstić information content (AvgIpc) is 3.42. The van der Waals surface area contributed by atoms with Crippen LogP contribution < -0.4 is 5.43 Å². The molecule has 0 saturated carbocycles. The van der Waals surface area contributed by atoms with E-state index in [0.29, 0.717) is 11.3 Å². The highest BCUT2D eigenvalue weighted by molar-refractivity contribution is 6.03. The third-order valence-corrected chi connectivity index (χ3v) is 5.00. The van der Waals surface area contributed by atoms with Crippen LogP contribution in [-0.4, -0.2) is 32.4 Å². The Balaban J connectivity index is 1.37. The molecule has 0 atom stereocenters. The number of carbonyl (C=O) groups is 1. The van der Waals surface area contributed by atoms with Crippen LogP contribution in [0.2, 0.25) is 0 Å². The standard InChI is InChI=1S/C23H17N5O2/c29-22-10-9-14-5-1-2-6-15(14)18(22)13-25-28-23(30)21-11-20(26-27-21)17-12-24-19-8-4-3-7-16(17)19/h1-13,24,29H,(H,26,27)(H,28,30). The minimum Gasteiger partial charge on any atom is -0.507 e. The zero-order valence-electron chi connectivity index (χ0n) is 15.8. The van der Waals surface area contributed by atoms with Crippen LogP contribution in [0, 0.1) is 0 Å². The van der Waals surface area contributed by atoms with Gasteiger partial charge in [-0.2, -0.15) is 10.2 Å². The number of aromatic hydroxyl groups is 1. The van der Waals surface area contributed by atoms with E-state index < -0.39 is 5.91 Å². The number of hydrazone groups is 1. The molecule has 0 fully saturated rings. The Morgan fingerprint density at radius 1 is 1.03 bits per heavy atom. The zero-order valence-corrected chi connectivity index (χ0v) is 15.8. The molecule has 30 heavy (non-hydrogen) atoms. The van der Waals surface area contributed by atoms with Crippen LogP contribution in [0.4, 0.5) is 0 Å². The van der Waals surface area contributed by atoms with E-state index in [2.05, 4.69) is 25.7 Å². The lowest BCUT2D eigenvalue weighted by atomic mass is 10.0. The van der Waals surface area contributed by atoms with E-state index in [-0.39, 0.29) is 11.4 Å². The van der Waals surface area contributed by atoms with Crippen LogP contribution in [0.15, 0.2) is 78.0 Å². The molecule has 5 rings (SSSR count). The van der Waals surface area contributed by atoms with Gasteiger partial charge in [0, 0.05) is 28.2 Å². The molecule has 2 heterocycles. The largest absolute Gasteiger partial charge is 0.507 e. The van der Waals surface area contributed by atoms with Crippen LogP contribution in [0.25, 0.3) is 32.9 Å². The topological polar surface area (TPSA) is 106 Å². The number of carbonyl (C=O) groups excluding carboxylic acids is 1. The number of H-pyrrole nitrogens is 2. The number of phenolic OH excluding ortho intramolecular Hbond substituents is 1. The molecule has 0 aliphatic rings. The first kappa shape index (κ1) is 17.7. The third kappa shape index (κ3) is 3.08. The lowest BCUT2D eigenvalue weighted by Gasteiger charge is -2.04. The van der Waals surface area contributed by atoms with Crippen molar-refractivity contribution in [1.29, 1.82) is 0 Å². The van der Waals surface area contributed by atoms with Gasteiger partial charge in [0.15, 0.2) is 0 Å². The molecule has 0 aliphatic carbocycles. The van der Waals surface area contributed by atoms with Crippen LogP contribution in [0.5, 0.6) is 5.75 Å². The van der Waals surface area contributed by atoms with E-state index in [4.69, 9.17) is 0 Å². The molecule has 0 unspecified atom stereocenters. The number of rotatable bonds is 4. The molecular formula is C23H17N5O2. The average molecular weight is 395 g/mol. The second kappa shape index (κ2) is 7.21. The molecule has 2 aromatic heterocycles. The maximum Gasteiger partial charge on any atom is 0.289 e. The highest BCUT2D eigenvalue weighted by Gasteiger charge is 2.13. The first-order valence-electron chi connectivity index (χ1n) is 9.37. The minimum absolute atomic E-state index is 0.0925. The number of benzene rings is 3. The van der Waals surface area contributed by atoms with Crippen molar-refractivity contribution >= 4 is 33.8 Å². The lowest BCUT2D eigenvalue weighted by molar-refractivity contribution is 0.0950. The van der Waals surface area contributed by atoms with Gasteiger partial charge in [0.1, 0.15) is 11.4 Å². The van der Waals surface area contributed by atoms with Gasteiger partial charge in [-0.25, -0.2) is 5.43 Å². The zero-order chi connectivity index (χ0) is 20.5. The molecule has 0 aliphatic heterocycles. The van der Waals surface area contributed by atoms with Crippen LogP contribution in [0.3, 0.4) is 0 Å². The van der Waals surface area contributed by atoms with Gasteiger partial charge in [0.05, 0.1) is 11.9 Å². The number of fused-ring (bicyclic) bond motifs is 2. The summed E-state index contributed by atoms with van der Waals surface area (Å²) in [6.07, 6.45) is 3.30. The molecule has 7 nitrogen and oxygen atoms in total. The third-order valence-electron chi connectivity index (χ3n) is 5.00. The number of amides is 1. The Kier molecular flexibility index (Phi) is 4.25. The van der Waals surface area contributed by atoms with Crippen molar-refractivity contribution in [3.63, 3.8) is 0 Å². The summed E-state index contributed by atoms with van der Waals surface area (Å²) in [6, 6.07) is 20.6. The number of hydrogen-bond acceptors (Lipinski definition) is 4. The van der Waals surface area contributed by atoms with Gasteiger partial charge in [-0.15, -0.1) is 0 Å². The summed E-state index contributed by atoms with van der Waals surface area (Å²) in [5, 5.41) is 24.0. The van der Waals surface area contributed by atoms with Crippen molar-refractivity contribution in [3.8, 4) is 17.0 Å². The van der Waals surface area contributed by atoms with Gasteiger partial charge in [-0.05, 0) is 29.0 Å². The first-order chi connectivity index (χ1) is 14.7. The SMILES string of the molecule is O=C(NN=Cc1c(O)ccc2ccccc12)c1cc(-c2c[nH]c3ccccc23)n[nH]1. The molecule has 0 saturated heterocycles. The quantitative estimate of drug-likeness (QED) is 0.271. The number of nitrogens with zero attached hydrogens (tertiary/aromatic N) is 2. The van der Waals surface area contributed by atoms with Crippen LogP contribution in [-0.2, 0) is 0 Å². The Morgan fingerprint density at radius 2 is 1.83 bits per heavy atom. The van der Waals surface area contributed by atoms with Crippen molar-refractivity contribution in [1.82, 2.24) is 20.6 Å². The van der Waals surface area contributed by atoms with Gasteiger partial charge < -0.3 is 10.1 Å². The molecule has 3 aromatic carbocycles. The Morgan fingerprint density at radius 3 is 2.73 bits per heavy atom. The van der Waals surface area contributed by atoms with Gasteiger partial charge >= 0.3 is 0 Å². The Hall–Kier alpha value is -4.39. The summed E-state index contributed by atoms with van der Waals surface area (Å²) in [5.74, 6) is -0.334. The van der Waals surface area contributed by atoms with E-state index in [1.54, 1.807) is 12.1 Å². The molecular weight excluding hydrogens is 378 g/mol. The molecule has 5 aromatic rings. The predicted octanol–water partition coefficient (Wildman–Crippen LogP) is 4.18. The smallest absolute Gasteiger partial charge is 0.289 e. The van der Waals surface area contributed by atoms with E-state index in [0.717, 1.165) is 27.2 Å². The summed E-state index contributed by atoms with van der Waals surface area (Å²) in [4.78, 5) is 15.7. The van der Waals surface area contributed by atoms with Crippen molar-refractivity contribution in [2.24, 2.45) is 5.10 Å². The fourth-order valence-corrected chi connectivity index (χ4v) is 3.49. The summed E-state index contributed by atoms with van der Waals surface area (Å²) in [7, 11) is 0. The monoisotopic (exact) mass is 395 g/mol. The van der Waals surface area contributed by atoms with Crippen molar-refractivity contribution < 1.29 is 9.90 Å². The molecule has 0 spiro atoms. The van der Waals surface area contributed by atoms with Gasteiger partial charge in [0.25, 0.3) is 5.91 Å². The van der Waals surface area contributed by atoms with E-state index in [9.17, 15) is 9.90 Å². The molecule has 0 radical (unpaired) electrons. The molecule has 146 valence electrons. The minimum atomic E-state index is -0.426. The fraction of sp³-hybridized carbons (Fsp3) is 0. The van der Waals surface area contributed by atoms with Crippen molar-refractivity contribution in [2.45, 2.75) is 0 Å².